The summed E-state index contributed by atoms with van der Waals surface area (Å²) in [6, 6.07) is 8.14. The van der Waals surface area contributed by atoms with Gasteiger partial charge in [0.2, 0.25) is 0 Å². The molecule has 1 atom stereocenters. The van der Waals surface area contributed by atoms with Crippen molar-refractivity contribution >= 4 is 23.2 Å². The van der Waals surface area contributed by atoms with Gasteiger partial charge >= 0.3 is 0 Å². The van der Waals surface area contributed by atoms with Gasteiger partial charge in [-0.25, -0.2) is 0 Å². The van der Waals surface area contributed by atoms with E-state index in [2.05, 4.69) is 16.6 Å². The van der Waals surface area contributed by atoms with Crippen molar-refractivity contribution in [1.82, 2.24) is 5.32 Å². The van der Waals surface area contributed by atoms with Crippen molar-refractivity contribution in [3.63, 3.8) is 0 Å². The molecule has 0 spiro atoms. The van der Waals surface area contributed by atoms with Gasteiger partial charge in [-0.05, 0) is 30.9 Å². The molecule has 7 heteroatoms. The van der Waals surface area contributed by atoms with Crippen molar-refractivity contribution in [3.8, 4) is 17.7 Å². The molecule has 24 heavy (non-hydrogen) atoms. The number of Topliss-reactive ketones (excluding diaryl/α,β-unsaturated/α-hetero) is 1. The summed E-state index contributed by atoms with van der Waals surface area (Å²) in [4.78, 5) is 23.0. The molecule has 6 nitrogen and oxygen atoms in total. The highest BCUT2D eigenvalue weighted by molar-refractivity contribution is 8.07. The highest BCUT2D eigenvalue weighted by Gasteiger charge is 2.36. The predicted octanol–water partition coefficient (Wildman–Crippen LogP) is 3.20. The molecule has 0 aliphatic carbocycles. The Hall–Kier alpha value is -3.03. The molecular weight excluding hydrogens is 326 g/mol. The van der Waals surface area contributed by atoms with Crippen molar-refractivity contribution < 1.29 is 9.72 Å². The Labute approximate surface area is 143 Å². The number of terminal acetylenes is 1. The van der Waals surface area contributed by atoms with Gasteiger partial charge in [0.05, 0.1) is 27.5 Å². The van der Waals surface area contributed by atoms with Crippen LogP contribution in [0.1, 0.15) is 25.3 Å². The Balaban J connectivity index is 2.80. The maximum Gasteiger partial charge on any atom is 0.273 e. The van der Waals surface area contributed by atoms with E-state index in [1.165, 1.54) is 13.0 Å². The van der Waals surface area contributed by atoms with Crippen LogP contribution in [0.25, 0.3) is 0 Å². The topological polar surface area (TPSA) is 96.0 Å². The van der Waals surface area contributed by atoms with Crippen LogP contribution in [0, 0.1) is 33.1 Å². The number of rotatable bonds is 4. The lowest BCUT2D eigenvalue weighted by molar-refractivity contribution is -0.385. The molecule has 0 fully saturated rings. The Kier molecular flexibility index (Phi) is 5.08. The summed E-state index contributed by atoms with van der Waals surface area (Å²) in [7, 11) is 0. The van der Waals surface area contributed by atoms with Crippen LogP contribution in [-0.2, 0) is 4.79 Å². The summed E-state index contributed by atoms with van der Waals surface area (Å²) in [5, 5.41) is 26.7. The van der Waals surface area contributed by atoms with E-state index in [0.29, 0.717) is 21.9 Å². The standard InChI is InChI=1S/C17H13N3O3S/c1-4-24-17-13(9-18)16(15(11(3)21)10(2)19-17)12-7-5-6-8-14(12)20(22)23/h1,5-8,16,19H,2-3H3/t16-/m0/s1. The average molecular weight is 339 g/mol. The fourth-order valence-electron chi connectivity index (χ4n) is 2.73. The van der Waals surface area contributed by atoms with Crippen molar-refractivity contribution in [2.45, 2.75) is 19.8 Å². The predicted molar refractivity (Wildman–Crippen MR) is 91.4 cm³/mol. The van der Waals surface area contributed by atoms with Crippen LogP contribution in [0.2, 0.25) is 0 Å². The number of nitro groups is 1. The first-order valence-corrected chi connectivity index (χ1v) is 7.72. The molecule has 1 aromatic carbocycles. The maximum atomic E-state index is 12.2. The number of thioether (sulfide) groups is 1. The van der Waals surface area contributed by atoms with Gasteiger partial charge < -0.3 is 5.32 Å². The normalized spacial score (nSPS) is 16.9. The molecule has 1 aromatic rings. The van der Waals surface area contributed by atoms with Gasteiger partial charge in [0.25, 0.3) is 5.69 Å². The molecule has 2 rings (SSSR count). The number of allylic oxidation sites excluding steroid dienone is 3. The molecular formula is C17H13N3O3S. The van der Waals surface area contributed by atoms with E-state index in [4.69, 9.17) is 6.42 Å². The number of carbonyl (C=O) groups excluding carboxylic acids is 1. The van der Waals surface area contributed by atoms with Crippen LogP contribution in [-0.4, -0.2) is 10.7 Å². The average Bonchev–Trinajstić information content (AvgIpc) is 2.54. The van der Waals surface area contributed by atoms with Gasteiger partial charge in [-0.15, -0.1) is 6.42 Å². The largest absolute Gasteiger partial charge is 0.352 e. The summed E-state index contributed by atoms with van der Waals surface area (Å²) in [6.45, 7) is 3.06. The van der Waals surface area contributed by atoms with E-state index in [1.807, 2.05) is 0 Å². The third-order valence-electron chi connectivity index (χ3n) is 3.63. The highest BCUT2D eigenvalue weighted by Crippen LogP contribution is 2.43. The first kappa shape index (κ1) is 17.3. The van der Waals surface area contributed by atoms with Gasteiger partial charge in [0, 0.05) is 22.9 Å². The SMILES string of the molecule is C#CSC1=C(C#N)[C@H](c2ccccc2[N+](=O)[O-])C(C(C)=O)=C(C)N1. The minimum Gasteiger partial charge on any atom is -0.352 e. The number of para-hydroxylation sites is 1. The van der Waals surface area contributed by atoms with E-state index in [0.717, 1.165) is 11.8 Å². The molecule has 0 aromatic heterocycles. The minimum absolute atomic E-state index is 0.145. The first-order valence-electron chi connectivity index (χ1n) is 6.91. The van der Waals surface area contributed by atoms with Gasteiger partial charge in [-0.1, -0.05) is 18.2 Å². The summed E-state index contributed by atoms with van der Waals surface area (Å²) in [5.74, 6) is -1.09. The van der Waals surface area contributed by atoms with Crippen molar-refractivity contribution in [2.24, 2.45) is 0 Å². The zero-order valence-electron chi connectivity index (χ0n) is 13.0. The van der Waals surface area contributed by atoms with E-state index in [-0.39, 0.29) is 17.0 Å². The highest BCUT2D eigenvalue weighted by atomic mass is 32.2. The lowest BCUT2D eigenvalue weighted by Gasteiger charge is -2.28. The van der Waals surface area contributed by atoms with E-state index < -0.39 is 10.8 Å². The van der Waals surface area contributed by atoms with E-state index >= 15 is 0 Å². The molecule has 0 saturated heterocycles. The molecule has 1 N–H and O–H groups in total. The van der Waals surface area contributed by atoms with Crippen LogP contribution in [0.4, 0.5) is 5.69 Å². The number of nitrogens with zero attached hydrogens (tertiary/aromatic N) is 2. The molecule has 0 radical (unpaired) electrons. The summed E-state index contributed by atoms with van der Waals surface area (Å²) in [5.41, 5.74) is 1.20. The Morgan fingerprint density at radius 1 is 1.46 bits per heavy atom. The van der Waals surface area contributed by atoms with Crippen LogP contribution < -0.4 is 5.32 Å². The van der Waals surface area contributed by atoms with Crippen molar-refractivity contribution in [3.05, 3.63) is 61.8 Å². The molecule has 0 amide bonds. The lowest BCUT2D eigenvalue weighted by atomic mass is 9.80. The molecule has 120 valence electrons. The molecule has 0 bridgehead atoms. The first-order chi connectivity index (χ1) is 11.4. The third-order valence-corrected chi connectivity index (χ3v) is 4.28. The van der Waals surface area contributed by atoms with Gasteiger partial charge in [-0.2, -0.15) is 5.26 Å². The fraction of sp³-hybridized carbons (Fsp3) is 0.176. The summed E-state index contributed by atoms with van der Waals surface area (Å²) in [6.07, 6.45) is 5.32. The number of hydrogen-bond donors (Lipinski definition) is 1. The molecule has 1 aliphatic heterocycles. The molecule has 0 unspecified atom stereocenters. The van der Waals surface area contributed by atoms with Crippen molar-refractivity contribution in [1.29, 1.82) is 5.26 Å². The second-order valence-corrected chi connectivity index (χ2v) is 5.89. The Bertz CT molecular complexity index is 872. The number of benzene rings is 1. The number of nitro benzene ring substituents is 1. The second kappa shape index (κ2) is 7.03. The molecule has 1 heterocycles. The quantitative estimate of drug-likeness (QED) is 0.514. The molecule has 1 aliphatic rings. The second-order valence-electron chi connectivity index (χ2n) is 5.04. The number of dihydropyridines is 1. The van der Waals surface area contributed by atoms with Crippen LogP contribution >= 0.6 is 11.8 Å². The molecule has 0 saturated carbocycles. The Morgan fingerprint density at radius 2 is 2.12 bits per heavy atom. The number of nitriles is 1. The van der Waals surface area contributed by atoms with E-state index in [1.54, 1.807) is 25.1 Å². The monoisotopic (exact) mass is 339 g/mol. The summed E-state index contributed by atoms with van der Waals surface area (Å²) < 4.78 is 0. The van der Waals surface area contributed by atoms with Gasteiger partial charge in [0.15, 0.2) is 5.78 Å². The smallest absolute Gasteiger partial charge is 0.273 e. The van der Waals surface area contributed by atoms with Gasteiger partial charge in [-0.3, -0.25) is 14.9 Å². The Morgan fingerprint density at radius 3 is 2.67 bits per heavy atom. The summed E-state index contributed by atoms with van der Waals surface area (Å²) >= 11 is 0.974. The fourth-order valence-corrected chi connectivity index (χ4v) is 3.32. The third kappa shape index (κ3) is 3.03. The zero-order chi connectivity index (χ0) is 17.9. The number of ketones is 1. The number of nitrogens with one attached hydrogen (secondary N) is 1. The van der Waals surface area contributed by atoms with Crippen LogP contribution in [0.3, 0.4) is 0 Å². The maximum absolute atomic E-state index is 12.2. The van der Waals surface area contributed by atoms with Crippen LogP contribution in [0.15, 0.2) is 46.1 Å². The van der Waals surface area contributed by atoms with Crippen molar-refractivity contribution in [2.75, 3.05) is 0 Å². The lowest BCUT2D eigenvalue weighted by Crippen LogP contribution is -2.27. The van der Waals surface area contributed by atoms with Crippen LogP contribution in [0.5, 0.6) is 0 Å². The number of hydrogen-bond acceptors (Lipinski definition) is 6. The minimum atomic E-state index is -0.828. The van der Waals surface area contributed by atoms with Gasteiger partial charge in [0.1, 0.15) is 0 Å². The van der Waals surface area contributed by atoms with E-state index in [9.17, 15) is 20.2 Å². The number of carbonyl (C=O) groups is 1. The zero-order valence-corrected chi connectivity index (χ0v) is 13.8.